The molecule has 1 N–H and O–H groups in total. The fourth-order valence-electron chi connectivity index (χ4n) is 3.67. The van der Waals surface area contributed by atoms with Crippen LogP contribution in [-0.2, 0) is 16.6 Å². The summed E-state index contributed by atoms with van der Waals surface area (Å²) in [5.41, 5.74) is 2.47. The van der Waals surface area contributed by atoms with E-state index >= 15 is 0 Å². The fourth-order valence-corrected chi connectivity index (χ4v) is 3.85. The number of benzene rings is 3. The highest BCUT2D eigenvalue weighted by atomic mass is 35.5. The van der Waals surface area contributed by atoms with Crippen molar-refractivity contribution in [2.75, 3.05) is 11.9 Å². The molecule has 1 aromatic heterocycles. The number of anilines is 1. The summed E-state index contributed by atoms with van der Waals surface area (Å²) in [4.78, 5) is 38.4. The van der Waals surface area contributed by atoms with Gasteiger partial charge in [0.1, 0.15) is 5.69 Å². The maximum atomic E-state index is 13.1. The fraction of sp³-hybridized carbons (Fsp3) is 0.115. The van der Waals surface area contributed by atoms with Crippen molar-refractivity contribution in [3.8, 4) is 11.1 Å². The first-order valence-electron chi connectivity index (χ1n) is 10.3. The van der Waals surface area contributed by atoms with Crippen LogP contribution in [-0.4, -0.2) is 23.1 Å². The van der Waals surface area contributed by atoms with Gasteiger partial charge in [0.2, 0.25) is 0 Å². The van der Waals surface area contributed by atoms with Gasteiger partial charge in [-0.15, -0.1) is 0 Å². The third kappa shape index (κ3) is 4.52. The lowest BCUT2D eigenvalue weighted by Crippen LogP contribution is -2.28. The smallest absolute Gasteiger partial charge is 0.356 e. The van der Waals surface area contributed by atoms with Gasteiger partial charge in [-0.3, -0.25) is 9.59 Å². The number of nitrogens with zero attached hydrogens (tertiary/aromatic N) is 1. The van der Waals surface area contributed by atoms with Crippen LogP contribution in [0.2, 0.25) is 5.02 Å². The molecule has 0 unspecified atom stereocenters. The molecule has 7 heteroatoms. The van der Waals surface area contributed by atoms with Crippen molar-refractivity contribution < 1.29 is 14.3 Å². The molecule has 0 bridgehead atoms. The van der Waals surface area contributed by atoms with E-state index in [1.165, 1.54) is 11.6 Å². The second-order valence-corrected chi connectivity index (χ2v) is 7.99. The van der Waals surface area contributed by atoms with E-state index in [-0.39, 0.29) is 11.3 Å². The Morgan fingerprint density at radius 2 is 1.64 bits per heavy atom. The molecule has 166 valence electrons. The van der Waals surface area contributed by atoms with Crippen molar-refractivity contribution in [3.63, 3.8) is 0 Å². The summed E-state index contributed by atoms with van der Waals surface area (Å²) in [5, 5.41) is 4.29. The van der Waals surface area contributed by atoms with E-state index in [0.29, 0.717) is 27.0 Å². The van der Waals surface area contributed by atoms with Crippen LogP contribution < -0.4 is 10.9 Å². The van der Waals surface area contributed by atoms with E-state index in [0.717, 1.165) is 11.1 Å². The zero-order valence-electron chi connectivity index (χ0n) is 18.1. The number of amides is 1. The maximum Gasteiger partial charge on any atom is 0.356 e. The van der Waals surface area contributed by atoms with Crippen LogP contribution in [0.25, 0.3) is 21.9 Å². The van der Waals surface area contributed by atoms with Crippen LogP contribution in [0.3, 0.4) is 0 Å². The normalized spacial score (nSPS) is 10.8. The largest absolute Gasteiger partial charge is 0.451 e. The average molecular weight is 461 g/mol. The van der Waals surface area contributed by atoms with Crippen LogP contribution in [0, 0.1) is 6.92 Å². The van der Waals surface area contributed by atoms with Crippen LogP contribution >= 0.6 is 11.6 Å². The summed E-state index contributed by atoms with van der Waals surface area (Å²) < 4.78 is 6.59. The molecular formula is C26H21ClN2O4. The van der Waals surface area contributed by atoms with Crippen molar-refractivity contribution in [1.29, 1.82) is 0 Å². The van der Waals surface area contributed by atoms with Crippen LogP contribution in [0.4, 0.5) is 5.69 Å². The summed E-state index contributed by atoms with van der Waals surface area (Å²) in [6.07, 6.45) is 0. The van der Waals surface area contributed by atoms with Crippen LogP contribution in [0.1, 0.15) is 16.1 Å². The van der Waals surface area contributed by atoms with Gasteiger partial charge in [-0.2, -0.15) is 0 Å². The molecule has 1 heterocycles. The second kappa shape index (κ2) is 9.30. The number of carbonyl (C=O) groups excluding carboxylic acids is 2. The highest BCUT2D eigenvalue weighted by molar-refractivity contribution is 6.31. The molecule has 4 aromatic rings. The number of carbonyl (C=O) groups is 2. The molecule has 0 saturated carbocycles. The van der Waals surface area contributed by atoms with E-state index in [9.17, 15) is 14.4 Å². The molecule has 0 fully saturated rings. The summed E-state index contributed by atoms with van der Waals surface area (Å²) in [6, 6.07) is 21.5. The van der Waals surface area contributed by atoms with Gasteiger partial charge in [0, 0.05) is 28.7 Å². The van der Waals surface area contributed by atoms with Crippen molar-refractivity contribution in [3.05, 3.63) is 99.4 Å². The summed E-state index contributed by atoms with van der Waals surface area (Å²) >= 11 is 6.09. The van der Waals surface area contributed by atoms with Crippen molar-refractivity contribution in [2.24, 2.45) is 7.05 Å². The first-order chi connectivity index (χ1) is 15.9. The standard InChI is InChI=1S/C26H21ClN2O4/c1-16-12-13-18(14-21(16)27)28-22(30)15-33-26(32)24-23(17-8-4-3-5-9-17)19-10-6-7-11-20(19)25(31)29(24)2/h3-14H,15H2,1-2H3,(H,28,30). The molecule has 4 rings (SSSR count). The quantitative estimate of drug-likeness (QED) is 0.427. The molecule has 0 radical (unpaired) electrons. The summed E-state index contributed by atoms with van der Waals surface area (Å²) in [5.74, 6) is -1.29. The summed E-state index contributed by atoms with van der Waals surface area (Å²) in [6.45, 7) is 1.34. The molecule has 0 aliphatic heterocycles. The Labute approximate surface area is 195 Å². The van der Waals surface area contributed by atoms with Gasteiger partial charge in [0.05, 0.1) is 0 Å². The highest BCUT2D eigenvalue weighted by Crippen LogP contribution is 2.30. The predicted molar refractivity (Wildman–Crippen MR) is 130 cm³/mol. The number of esters is 1. The lowest BCUT2D eigenvalue weighted by Gasteiger charge is -2.16. The first-order valence-corrected chi connectivity index (χ1v) is 10.6. The third-order valence-electron chi connectivity index (χ3n) is 5.35. The van der Waals surface area contributed by atoms with E-state index in [4.69, 9.17) is 16.3 Å². The summed E-state index contributed by atoms with van der Waals surface area (Å²) in [7, 11) is 1.52. The van der Waals surface area contributed by atoms with Crippen molar-refractivity contribution in [1.82, 2.24) is 4.57 Å². The Morgan fingerprint density at radius 1 is 0.970 bits per heavy atom. The average Bonchev–Trinajstić information content (AvgIpc) is 2.82. The number of rotatable bonds is 5. The molecule has 6 nitrogen and oxygen atoms in total. The second-order valence-electron chi connectivity index (χ2n) is 7.59. The van der Waals surface area contributed by atoms with Crippen molar-refractivity contribution in [2.45, 2.75) is 6.92 Å². The van der Waals surface area contributed by atoms with Gasteiger partial charge in [0.15, 0.2) is 6.61 Å². The van der Waals surface area contributed by atoms with E-state index in [1.807, 2.05) is 43.3 Å². The molecular weight excluding hydrogens is 440 g/mol. The van der Waals surface area contributed by atoms with Crippen molar-refractivity contribution >= 4 is 39.9 Å². The molecule has 0 aliphatic rings. The van der Waals surface area contributed by atoms with Gasteiger partial charge in [-0.1, -0.05) is 66.2 Å². The number of hydrogen-bond donors (Lipinski definition) is 1. The van der Waals surface area contributed by atoms with Gasteiger partial charge >= 0.3 is 5.97 Å². The Morgan fingerprint density at radius 3 is 2.33 bits per heavy atom. The number of fused-ring (bicyclic) bond motifs is 1. The number of halogens is 1. The molecule has 0 saturated heterocycles. The topological polar surface area (TPSA) is 77.4 Å². The number of pyridine rings is 1. The number of hydrogen-bond acceptors (Lipinski definition) is 4. The zero-order chi connectivity index (χ0) is 23.5. The lowest BCUT2D eigenvalue weighted by atomic mass is 9.97. The van der Waals surface area contributed by atoms with Gasteiger partial charge in [-0.05, 0) is 41.6 Å². The number of aromatic nitrogens is 1. The Bertz CT molecular complexity index is 1430. The van der Waals surface area contributed by atoms with E-state index in [2.05, 4.69) is 5.32 Å². The Balaban J connectivity index is 1.66. The Hall–Kier alpha value is -3.90. The molecule has 0 spiro atoms. The number of ether oxygens (including phenoxy) is 1. The minimum atomic E-state index is -0.767. The lowest BCUT2D eigenvalue weighted by molar-refractivity contribution is -0.119. The third-order valence-corrected chi connectivity index (χ3v) is 5.76. The number of nitrogens with one attached hydrogen (secondary N) is 1. The van der Waals surface area contributed by atoms with Crippen LogP contribution in [0.5, 0.6) is 0 Å². The molecule has 33 heavy (non-hydrogen) atoms. The molecule has 0 aliphatic carbocycles. The monoisotopic (exact) mass is 460 g/mol. The Kier molecular flexibility index (Phi) is 6.29. The zero-order valence-corrected chi connectivity index (χ0v) is 18.8. The minimum absolute atomic E-state index is 0.0797. The minimum Gasteiger partial charge on any atom is -0.451 e. The predicted octanol–water partition coefficient (Wildman–Crippen LogP) is 4.96. The molecule has 1 amide bonds. The maximum absolute atomic E-state index is 13.1. The van der Waals surface area contributed by atoms with E-state index in [1.54, 1.807) is 36.4 Å². The molecule has 3 aromatic carbocycles. The first kappa shape index (κ1) is 22.3. The molecule has 0 atom stereocenters. The van der Waals surface area contributed by atoms with Gasteiger partial charge < -0.3 is 14.6 Å². The SMILES string of the molecule is Cc1ccc(NC(=O)COC(=O)c2c(-c3ccccc3)c3ccccc3c(=O)n2C)cc1Cl. The van der Waals surface area contributed by atoms with Gasteiger partial charge in [0.25, 0.3) is 11.5 Å². The van der Waals surface area contributed by atoms with E-state index < -0.39 is 18.5 Å². The highest BCUT2D eigenvalue weighted by Gasteiger charge is 2.23. The number of aryl methyl sites for hydroxylation is 1. The van der Waals surface area contributed by atoms with Gasteiger partial charge in [-0.25, -0.2) is 4.79 Å². The van der Waals surface area contributed by atoms with Crippen LogP contribution in [0.15, 0.2) is 77.6 Å².